The fourth-order valence-electron chi connectivity index (χ4n) is 2.47. The second kappa shape index (κ2) is 6.58. The van der Waals surface area contributed by atoms with Crippen LogP contribution in [0.3, 0.4) is 0 Å². The monoisotopic (exact) mass is 268 g/mol. The zero-order valence-electron chi connectivity index (χ0n) is 12.9. The van der Waals surface area contributed by atoms with E-state index >= 15 is 0 Å². The van der Waals surface area contributed by atoms with Crippen LogP contribution in [-0.2, 0) is 6.54 Å². The minimum absolute atomic E-state index is 0.316. The van der Waals surface area contributed by atoms with Gasteiger partial charge in [-0.05, 0) is 56.8 Å². The predicted octanol–water partition coefficient (Wildman–Crippen LogP) is 4.23. The fraction of sp³-hybridized carbons (Fsp3) is 0.333. The van der Waals surface area contributed by atoms with Gasteiger partial charge in [0.1, 0.15) is 0 Å². The second-order valence-corrected chi connectivity index (χ2v) is 5.66. The molecule has 0 aromatic heterocycles. The lowest BCUT2D eigenvalue weighted by Gasteiger charge is -2.18. The van der Waals surface area contributed by atoms with Gasteiger partial charge in [-0.1, -0.05) is 36.4 Å². The van der Waals surface area contributed by atoms with E-state index in [1.165, 1.54) is 22.4 Å². The van der Waals surface area contributed by atoms with E-state index in [0.717, 1.165) is 6.54 Å². The van der Waals surface area contributed by atoms with Crippen molar-refractivity contribution >= 4 is 5.69 Å². The van der Waals surface area contributed by atoms with Gasteiger partial charge in [-0.3, -0.25) is 0 Å². The van der Waals surface area contributed by atoms with Gasteiger partial charge < -0.3 is 10.2 Å². The summed E-state index contributed by atoms with van der Waals surface area (Å²) < 4.78 is 0. The fourth-order valence-corrected chi connectivity index (χ4v) is 2.47. The zero-order chi connectivity index (χ0) is 14.5. The topological polar surface area (TPSA) is 15.3 Å². The number of benzene rings is 2. The van der Waals surface area contributed by atoms with Crippen molar-refractivity contribution in [1.82, 2.24) is 4.90 Å². The summed E-state index contributed by atoms with van der Waals surface area (Å²) in [4.78, 5) is 2.18. The number of hydrogen-bond donors (Lipinski definition) is 1. The SMILES string of the molecule is Cc1ccccc1C(C)Nc1ccc(CN(C)C)cc1. The Kier molecular flexibility index (Phi) is 4.80. The minimum Gasteiger partial charge on any atom is -0.379 e. The van der Waals surface area contributed by atoms with E-state index in [9.17, 15) is 0 Å². The molecule has 2 aromatic carbocycles. The standard InChI is InChI=1S/C18H24N2/c1-14-7-5-6-8-18(14)15(2)19-17-11-9-16(10-12-17)13-20(3)4/h5-12,15,19H,13H2,1-4H3. The van der Waals surface area contributed by atoms with Crippen molar-refractivity contribution in [2.75, 3.05) is 19.4 Å². The van der Waals surface area contributed by atoms with E-state index in [1.54, 1.807) is 0 Å². The molecule has 1 atom stereocenters. The van der Waals surface area contributed by atoms with Crippen LogP contribution in [0.25, 0.3) is 0 Å². The Labute approximate surface area is 122 Å². The molecule has 2 nitrogen and oxygen atoms in total. The summed E-state index contributed by atoms with van der Waals surface area (Å²) in [5, 5.41) is 3.57. The first-order valence-corrected chi connectivity index (χ1v) is 7.12. The van der Waals surface area contributed by atoms with Crippen LogP contribution < -0.4 is 5.32 Å². The van der Waals surface area contributed by atoms with Crippen LogP contribution in [-0.4, -0.2) is 19.0 Å². The molecule has 2 heteroatoms. The highest BCUT2D eigenvalue weighted by Gasteiger charge is 2.07. The van der Waals surface area contributed by atoms with Gasteiger partial charge in [0.15, 0.2) is 0 Å². The van der Waals surface area contributed by atoms with E-state index in [0.29, 0.717) is 6.04 Å². The van der Waals surface area contributed by atoms with Crippen molar-refractivity contribution in [3.63, 3.8) is 0 Å². The van der Waals surface area contributed by atoms with E-state index in [-0.39, 0.29) is 0 Å². The van der Waals surface area contributed by atoms with E-state index in [2.05, 4.69) is 86.7 Å². The average molecular weight is 268 g/mol. The smallest absolute Gasteiger partial charge is 0.0488 e. The Balaban J connectivity index is 2.05. The maximum absolute atomic E-state index is 3.57. The lowest BCUT2D eigenvalue weighted by atomic mass is 10.0. The summed E-state index contributed by atoms with van der Waals surface area (Å²) in [6.07, 6.45) is 0. The Bertz CT molecular complexity index is 544. The van der Waals surface area contributed by atoms with Gasteiger partial charge in [-0.15, -0.1) is 0 Å². The van der Waals surface area contributed by atoms with Gasteiger partial charge in [-0.25, -0.2) is 0 Å². The zero-order valence-corrected chi connectivity index (χ0v) is 12.9. The Morgan fingerprint density at radius 2 is 1.65 bits per heavy atom. The normalized spacial score (nSPS) is 12.4. The van der Waals surface area contributed by atoms with Crippen LogP contribution in [0.1, 0.15) is 29.7 Å². The number of anilines is 1. The molecule has 0 radical (unpaired) electrons. The van der Waals surface area contributed by atoms with Crippen LogP contribution >= 0.6 is 0 Å². The van der Waals surface area contributed by atoms with Gasteiger partial charge >= 0.3 is 0 Å². The van der Waals surface area contributed by atoms with Gasteiger partial charge in [0.05, 0.1) is 0 Å². The van der Waals surface area contributed by atoms with Crippen LogP contribution in [0.5, 0.6) is 0 Å². The third-order valence-electron chi connectivity index (χ3n) is 3.49. The summed E-state index contributed by atoms with van der Waals surface area (Å²) in [6.45, 7) is 5.34. The van der Waals surface area contributed by atoms with Gasteiger partial charge in [-0.2, -0.15) is 0 Å². The molecule has 1 N–H and O–H groups in total. The highest BCUT2D eigenvalue weighted by atomic mass is 15.0. The lowest BCUT2D eigenvalue weighted by Crippen LogP contribution is -2.11. The molecule has 0 spiro atoms. The van der Waals surface area contributed by atoms with Crippen LogP contribution in [0.15, 0.2) is 48.5 Å². The van der Waals surface area contributed by atoms with Crippen LogP contribution in [0, 0.1) is 6.92 Å². The van der Waals surface area contributed by atoms with Gasteiger partial charge in [0.2, 0.25) is 0 Å². The van der Waals surface area contributed by atoms with Crippen molar-refractivity contribution in [2.45, 2.75) is 26.4 Å². The van der Waals surface area contributed by atoms with E-state index in [1.807, 2.05) is 0 Å². The molecule has 0 heterocycles. The summed E-state index contributed by atoms with van der Waals surface area (Å²) in [5.41, 5.74) is 5.19. The minimum atomic E-state index is 0.316. The molecule has 0 aliphatic rings. The second-order valence-electron chi connectivity index (χ2n) is 5.66. The largest absolute Gasteiger partial charge is 0.379 e. The average Bonchev–Trinajstić information content (AvgIpc) is 2.41. The van der Waals surface area contributed by atoms with Crippen molar-refractivity contribution in [1.29, 1.82) is 0 Å². The Morgan fingerprint density at radius 3 is 2.25 bits per heavy atom. The molecule has 1 unspecified atom stereocenters. The van der Waals surface area contributed by atoms with Gasteiger partial charge in [0.25, 0.3) is 0 Å². The van der Waals surface area contributed by atoms with Gasteiger partial charge in [0, 0.05) is 18.3 Å². The molecule has 2 aromatic rings. The van der Waals surface area contributed by atoms with Crippen molar-refractivity contribution in [3.05, 3.63) is 65.2 Å². The molecule has 0 fully saturated rings. The van der Waals surface area contributed by atoms with E-state index < -0.39 is 0 Å². The maximum atomic E-state index is 3.57. The van der Waals surface area contributed by atoms with Crippen LogP contribution in [0.4, 0.5) is 5.69 Å². The first-order valence-electron chi connectivity index (χ1n) is 7.12. The number of aryl methyl sites for hydroxylation is 1. The summed E-state index contributed by atoms with van der Waals surface area (Å²) in [7, 11) is 4.18. The molecule has 20 heavy (non-hydrogen) atoms. The number of rotatable bonds is 5. The molecule has 0 bridgehead atoms. The molecular formula is C18H24N2. The molecule has 2 rings (SSSR count). The van der Waals surface area contributed by atoms with Crippen molar-refractivity contribution in [2.24, 2.45) is 0 Å². The quantitative estimate of drug-likeness (QED) is 0.873. The van der Waals surface area contributed by atoms with Crippen molar-refractivity contribution in [3.8, 4) is 0 Å². The summed E-state index contributed by atoms with van der Waals surface area (Å²) in [5.74, 6) is 0. The molecule has 0 saturated heterocycles. The highest BCUT2D eigenvalue weighted by Crippen LogP contribution is 2.22. The van der Waals surface area contributed by atoms with Crippen LogP contribution in [0.2, 0.25) is 0 Å². The summed E-state index contributed by atoms with van der Waals surface area (Å²) >= 11 is 0. The maximum Gasteiger partial charge on any atom is 0.0488 e. The Hall–Kier alpha value is -1.80. The molecule has 0 aliphatic carbocycles. The third kappa shape index (κ3) is 3.84. The van der Waals surface area contributed by atoms with E-state index in [4.69, 9.17) is 0 Å². The number of hydrogen-bond acceptors (Lipinski definition) is 2. The molecular weight excluding hydrogens is 244 g/mol. The first-order chi connectivity index (χ1) is 9.56. The highest BCUT2D eigenvalue weighted by molar-refractivity contribution is 5.47. The molecule has 0 aliphatic heterocycles. The Morgan fingerprint density at radius 1 is 1.00 bits per heavy atom. The molecule has 106 valence electrons. The molecule has 0 saturated carbocycles. The lowest BCUT2D eigenvalue weighted by molar-refractivity contribution is 0.402. The first kappa shape index (κ1) is 14.6. The number of nitrogens with zero attached hydrogens (tertiary/aromatic N) is 1. The summed E-state index contributed by atoms with van der Waals surface area (Å²) in [6, 6.07) is 17.5. The third-order valence-corrected chi connectivity index (χ3v) is 3.49. The van der Waals surface area contributed by atoms with Crippen molar-refractivity contribution < 1.29 is 0 Å². The number of nitrogens with one attached hydrogen (secondary N) is 1. The molecule has 0 amide bonds. The predicted molar refractivity (Wildman–Crippen MR) is 87.0 cm³/mol.